The Morgan fingerprint density at radius 3 is 1.67 bits per heavy atom. The van der Waals surface area contributed by atoms with E-state index in [1.807, 2.05) is 0 Å². The lowest BCUT2D eigenvalue weighted by atomic mass is 10.3. The van der Waals surface area contributed by atoms with Gasteiger partial charge in [-0.2, -0.15) is 0 Å². The lowest BCUT2D eigenvalue weighted by Gasteiger charge is -2.23. The first-order valence-electron chi connectivity index (χ1n) is 4.58. The highest BCUT2D eigenvalue weighted by Crippen LogP contribution is 1.99. The number of ether oxygens (including phenoxy) is 1. The molecule has 15 heavy (non-hydrogen) atoms. The number of rotatable bonds is 8. The summed E-state index contributed by atoms with van der Waals surface area (Å²) in [5.74, 6) is 10.5. The van der Waals surface area contributed by atoms with Crippen LogP contribution >= 0.6 is 0 Å². The Morgan fingerprint density at radius 1 is 1.07 bits per heavy atom. The molecule has 2 amide bonds. The standard InChI is InChI=1S/C8H18N4O3/c1-7(3-11(9)5-13)15-8(2)4-12(10)6-14/h5-8H,3-4,9-10H2,1-2H3. The van der Waals surface area contributed by atoms with E-state index in [1.165, 1.54) is 0 Å². The van der Waals surface area contributed by atoms with Crippen molar-refractivity contribution in [2.45, 2.75) is 26.1 Å². The number of amides is 2. The average Bonchev–Trinajstić information content (AvgIpc) is 2.16. The number of carbonyl (C=O) groups is 2. The molecule has 7 heteroatoms. The van der Waals surface area contributed by atoms with Gasteiger partial charge in [0.05, 0.1) is 25.3 Å². The zero-order valence-electron chi connectivity index (χ0n) is 9.00. The molecule has 2 atom stereocenters. The molecule has 7 nitrogen and oxygen atoms in total. The number of hydrogen-bond acceptors (Lipinski definition) is 5. The maximum atomic E-state index is 10.2. The Bertz CT molecular complexity index is 182. The van der Waals surface area contributed by atoms with E-state index in [1.54, 1.807) is 13.8 Å². The summed E-state index contributed by atoms with van der Waals surface area (Å²) in [4.78, 5) is 20.4. The number of carbonyl (C=O) groups excluding carboxylic acids is 2. The summed E-state index contributed by atoms with van der Waals surface area (Å²) in [5, 5.41) is 1.99. The van der Waals surface area contributed by atoms with Crippen molar-refractivity contribution in [2.24, 2.45) is 11.7 Å². The van der Waals surface area contributed by atoms with E-state index in [0.29, 0.717) is 25.9 Å². The molecule has 0 aromatic heterocycles. The van der Waals surface area contributed by atoms with Crippen LogP contribution in [0.25, 0.3) is 0 Å². The zero-order chi connectivity index (χ0) is 11.8. The van der Waals surface area contributed by atoms with Gasteiger partial charge in [-0.05, 0) is 13.8 Å². The van der Waals surface area contributed by atoms with Crippen LogP contribution in [0.4, 0.5) is 0 Å². The van der Waals surface area contributed by atoms with E-state index in [9.17, 15) is 9.59 Å². The van der Waals surface area contributed by atoms with E-state index in [-0.39, 0.29) is 12.2 Å². The highest BCUT2D eigenvalue weighted by molar-refractivity contribution is 5.45. The highest BCUT2D eigenvalue weighted by Gasteiger charge is 2.12. The first-order valence-corrected chi connectivity index (χ1v) is 4.58. The Labute approximate surface area is 88.9 Å². The van der Waals surface area contributed by atoms with Gasteiger partial charge in [-0.3, -0.25) is 19.6 Å². The smallest absolute Gasteiger partial charge is 0.223 e. The van der Waals surface area contributed by atoms with Crippen LogP contribution in [0.15, 0.2) is 0 Å². The predicted octanol–water partition coefficient (Wildman–Crippen LogP) is -1.56. The molecule has 0 saturated carbocycles. The van der Waals surface area contributed by atoms with Crippen molar-refractivity contribution < 1.29 is 14.3 Å². The fraction of sp³-hybridized carbons (Fsp3) is 0.750. The van der Waals surface area contributed by atoms with Gasteiger partial charge < -0.3 is 4.74 Å². The molecule has 88 valence electrons. The lowest BCUT2D eigenvalue weighted by Crippen LogP contribution is -2.41. The Morgan fingerprint density at radius 2 is 1.40 bits per heavy atom. The Hall–Kier alpha value is -1.18. The van der Waals surface area contributed by atoms with Gasteiger partial charge >= 0.3 is 0 Å². The van der Waals surface area contributed by atoms with Crippen molar-refractivity contribution in [3.63, 3.8) is 0 Å². The van der Waals surface area contributed by atoms with Gasteiger partial charge in [-0.1, -0.05) is 0 Å². The maximum absolute atomic E-state index is 10.2. The van der Waals surface area contributed by atoms with Gasteiger partial charge in [0.25, 0.3) is 0 Å². The van der Waals surface area contributed by atoms with Crippen molar-refractivity contribution in [1.29, 1.82) is 0 Å². The quantitative estimate of drug-likeness (QED) is 0.222. The molecule has 0 fully saturated rings. The molecule has 0 bridgehead atoms. The molecule has 2 unspecified atom stereocenters. The van der Waals surface area contributed by atoms with Crippen LogP contribution in [-0.2, 0) is 14.3 Å². The summed E-state index contributed by atoms with van der Waals surface area (Å²) >= 11 is 0. The van der Waals surface area contributed by atoms with Gasteiger partial charge in [0, 0.05) is 0 Å². The van der Waals surface area contributed by atoms with E-state index < -0.39 is 0 Å². The van der Waals surface area contributed by atoms with Gasteiger partial charge in [-0.25, -0.2) is 11.7 Å². The van der Waals surface area contributed by atoms with E-state index in [4.69, 9.17) is 16.4 Å². The Balaban J connectivity index is 3.79. The summed E-state index contributed by atoms with van der Waals surface area (Å²) in [6.45, 7) is 4.14. The summed E-state index contributed by atoms with van der Waals surface area (Å²) < 4.78 is 5.43. The van der Waals surface area contributed by atoms with Crippen LogP contribution in [0.5, 0.6) is 0 Å². The summed E-state index contributed by atoms with van der Waals surface area (Å²) in [6.07, 6.45) is 0.613. The fourth-order valence-electron chi connectivity index (χ4n) is 1.16. The minimum atomic E-state index is -0.213. The van der Waals surface area contributed by atoms with Crippen molar-refractivity contribution >= 4 is 12.8 Å². The second-order valence-corrected chi connectivity index (χ2v) is 3.36. The largest absolute Gasteiger partial charge is 0.372 e. The van der Waals surface area contributed by atoms with Crippen LogP contribution in [-0.4, -0.2) is 48.1 Å². The maximum Gasteiger partial charge on any atom is 0.223 e. The summed E-state index contributed by atoms with van der Waals surface area (Å²) in [5.41, 5.74) is 0. The average molecular weight is 218 g/mol. The van der Waals surface area contributed by atoms with Crippen molar-refractivity contribution in [3.05, 3.63) is 0 Å². The highest BCUT2D eigenvalue weighted by atomic mass is 16.5. The summed E-state index contributed by atoms with van der Waals surface area (Å²) in [7, 11) is 0. The SMILES string of the molecule is CC(CN(N)C=O)OC(C)CN(N)C=O. The normalized spacial score (nSPS) is 14.1. The van der Waals surface area contributed by atoms with Crippen LogP contribution in [0.1, 0.15) is 13.8 Å². The van der Waals surface area contributed by atoms with Crippen LogP contribution in [0.3, 0.4) is 0 Å². The molecule has 0 radical (unpaired) electrons. The molecular weight excluding hydrogens is 200 g/mol. The van der Waals surface area contributed by atoms with E-state index >= 15 is 0 Å². The fourth-order valence-corrected chi connectivity index (χ4v) is 1.16. The molecule has 0 rings (SSSR count). The molecule has 4 N–H and O–H groups in total. The topological polar surface area (TPSA) is 102 Å². The second kappa shape index (κ2) is 7.16. The molecule has 0 aliphatic carbocycles. The molecule has 0 heterocycles. The number of nitrogens with two attached hydrogens (primary N) is 2. The number of hydrogen-bond donors (Lipinski definition) is 2. The predicted molar refractivity (Wildman–Crippen MR) is 53.9 cm³/mol. The molecule has 0 aromatic carbocycles. The molecule has 0 spiro atoms. The van der Waals surface area contributed by atoms with Gasteiger partial charge in [-0.15, -0.1) is 0 Å². The zero-order valence-corrected chi connectivity index (χ0v) is 9.00. The third-order valence-corrected chi connectivity index (χ3v) is 1.67. The number of nitrogens with zero attached hydrogens (tertiary/aromatic N) is 2. The molecular formula is C8H18N4O3. The molecule has 0 aliphatic rings. The van der Waals surface area contributed by atoms with Crippen LogP contribution in [0.2, 0.25) is 0 Å². The third kappa shape index (κ3) is 6.83. The molecule has 0 aromatic rings. The van der Waals surface area contributed by atoms with Crippen LogP contribution in [0, 0.1) is 0 Å². The van der Waals surface area contributed by atoms with E-state index in [2.05, 4.69) is 0 Å². The summed E-state index contributed by atoms with van der Waals surface area (Å²) in [6, 6.07) is 0. The van der Waals surface area contributed by atoms with Crippen molar-refractivity contribution in [3.8, 4) is 0 Å². The first kappa shape index (κ1) is 13.8. The molecule has 0 aliphatic heterocycles. The first-order chi connectivity index (χ1) is 6.99. The van der Waals surface area contributed by atoms with Crippen molar-refractivity contribution in [1.82, 2.24) is 10.0 Å². The van der Waals surface area contributed by atoms with Crippen LogP contribution < -0.4 is 11.7 Å². The van der Waals surface area contributed by atoms with E-state index in [0.717, 1.165) is 10.0 Å². The molecule has 0 saturated heterocycles. The Kier molecular flexibility index (Phi) is 6.59. The van der Waals surface area contributed by atoms with Crippen molar-refractivity contribution in [2.75, 3.05) is 13.1 Å². The van der Waals surface area contributed by atoms with Gasteiger partial charge in [0.15, 0.2) is 0 Å². The minimum Gasteiger partial charge on any atom is -0.372 e. The lowest BCUT2D eigenvalue weighted by molar-refractivity contribution is -0.122. The van der Waals surface area contributed by atoms with Gasteiger partial charge in [0.1, 0.15) is 0 Å². The monoisotopic (exact) mass is 218 g/mol. The minimum absolute atomic E-state index is 0.213. The third-order valence-electron chi connectivity index (χ3n) is 1.67. The number of hydrazine groups is 2. The second-order valence-electron chi connectivity index (χ2n) is 3.36. The van der Waals surface area contributed by atoms with Gasteiger partial charge in [0.2, 0.25) is 12.8 Å².